The Kier molecular flexibility index (Phi) is 8.80. The lowest BCUT2D eigenvalue weighted by Gasteiger charge is -2.08. The van der Waals surface area contributed by atoms with Gasteiger partial charge in [-0.1, -0.05) is 11.6 Å². The van der Waals surface area contributed by atoms with Crippen LogP contribution >= 0.6 is 69.5 Å². The zero-order chi connectivity index (χ0) is 15.2. The van der Waals surface area contributed by atoms with Gasteiger partial charge in [-0.25, -0.2) is 0 Å². The van der Waals surface area contributed by atoms with Gasteiger partial charge in [-0.3, -0.25) is 4.99 Å². The topological polar surface area (TPSA) is 59.6 Å². The second-order valence-corrected chi connectivity index (χ2v) is 7.67. The quantitative estimate of drug-likeness (QED) is 0.318. The van der Waals surface area contributed by atoms with E-state index < -0.39 is 0 Å². The molecule has 120 valence electrons. The number of methoxy groups -OCH3 is 1. The van der Waals surface area contributed by atoms with Crippen molar-refractivity contribution in [1.82, 2.24) is 0 Å². The van der Waals surface area contributed by atoms with E-state index in [0.717, 1.165) is 12.1 Å². The van der Waals surface area contributed by atoms with E-state index in [2.05, 4.69) is 45.0 Å². The molecule has 0 saturated carbocycles. The minimum absolute atomic E-state index is 0. The number of nitrogens with zero attached hydrogens (tertiary/aromatic N) is 1. The molecule has 1 heterocycles. The first kappa shape index (κ1) is 19.8. The number of hydrogen-bond acceptors (Lipinski definition) is 3. The number of aliphatic imine (C=N–C) groups is 1. The van der Waals surface area contributed by atoms with Gasteiger partial charge in [0.1, 0.15) is 5.75 Å². The van der Waals surface area contributed by atoms with Crippen LogP contribution < -0.4 is 15.8 Å². The molecule has 2 aromatic rings. The predicted molar refractivity (Wildman–Crippen MR) is 114 cm³/mol. The second-order valence-electron chi connectivity index (χ2n) is 4.20. The number of halogens is 3. The average molecular weight is 564 g/mol. The third-order valence-corrected chi connectivity index (χ3v) is 4.94. The number of benzene rings is 1. The van der Waals surface area contributed by atoms with Crippen LogP contribution in [-0.2, 0) is 6.42 Å². The van der Waals surface area contributed by atoms with Crippen molar-refractivity contribution in [2.24, 2.45) is 10.7 Å². The van der Waals surface area contributed by atoms with Gasteiger partial charge < -0.3 is 15.8 Å². The van der Waals surface area contributed by atoms with E-state index in [9.17, 15) is 0 Å². The maximum atomic E-state index is 6.05. The molecule has 0 amide bonds. The lowest BCUT2D eigenvalue weighted by molar-refractivity contribution is 0.415. The van der Waals surface area contributed by atoms with Crippen molar-refractivity contribution in [2.75, 3.05) is 19.0 Å². The molecule has 8 heteroatoms. The van der Waals surface area contributed by atoms with Crippen molar-refractivity contribution in [2.45, 2.75) is 6.42 Å². The third-order valence-electron chi connectivity index (χ3n) is 2.69. The maximum Gasteiger partial charge on any atom is 0.193 e. The van der Waals surface area contributed by atoms with Crippen LogP contribution in [0, 0.1) is 2.88 Å². The van der Waals surface area contributed by atoms with Gasteiger partial charge >= 0.3 is 0 Å². The standard InChI is InChI=1S/C14H15ClIN3OS.HI/c1-20-12-4-2-9(8-11(12)15)19-14(17)18-7-6-10-3-5-13(16)21-10;/h2-5,8H,6-7H2,1H3,(H3,17,18,19);1H. The van der Waals surface area contributed by atoms with Crippen molar-refractivity contribution >= 4 is 81.2 Å². The molecule has 2 rings (SSSR count). The summed E-state index contributed by atoms with van der Waals surface area (Å²) < 4.78 is 6.38. The summed E-state index contributed by atoms with van der Waals surface area (Å²) in [5.74, 6) is 1.01. The summed E-state index contributed by atoms with van der Waals surface area (Å²) >= 11 is 10.1. The van der Waals surface area contributed by atoms with Crippen LogP contribution in [0.4, 0.5) is 5.69 Å². The van der Waals surface area contributed by atoms with Crippen molar-refractivity contribution < 1.29 is 4.74 Å². The first-order valence-electron chi connectivity index (χ1n) is 6.23. The van der Waals surface area contributed by atoms with E-state index in [1.807, 2.05) is 6.07 Å². The Bertz CT molecular complexity index is 649. The number of nitrogens with one attached hydrogen (secondary N) is 1. The predicted octanol–water partition coefficient (Wildman–Crippen LogP) is 4.60. The molecular formula is C14H16ClI2N3OS. The molecule has 0 saturated heterocycles. The lowest BCUT2D eigenvalue weighted by atomic mass is 10.3. The molecule has 0 unspecified atom stereocenters. The van der Waals surface area contributed by atoms with Crippen molar-refractivity contribution in [1.29, 1.82) is 0 Å². The van der Waals surface area contributed by atoms with Crippen LogP contribution in [0.25, 0.3) is 0 Å². The monoisotopic (exact) mass is 563 g/mol. The molecule has 0 aliphatic carbocycles. The number of anilines is 1. The second kappa shape index (κ2) is 9.78. The first-order valence-corrected chi connectivity index (χ1v) is 8.50. The van der Waals surface area contributed by atoms with Crippen LogP contribution in [0.15, 0.2) is 35.3 Å². The Balaban J connectivity index is 0.00000242. The summed E-state index contributed by atoms with van der Waals surface area (Å²) in [5, 5.41) is 3.55. The fourth-order valence-corrected chi connectivity index (χ4v) is 3.71. The molecule has 0 aliphatic heterocycles. The zero-order valence-electron chi connectivity index (χ0n) is 11.8. The van der Waals surface area contributed by atoms with Crippen molar-refractivity contribution in [3.05, 3.63) is 43.1 Å². The van der Waals surface area contributed by atoms with E-state index in [1.54, 1.807) is 30.6 Å². The molecule has 0 bridgehead atoms. The molecule has 0 fully saturated rings. The molecule has 22 heavy (non-hydrogen) atoms. The average Bonchev–Trinajstić information content (AvgIpc) is 2.84. The van der Waals surface area contributed by atoms with Crippen LogP contribution in [0.1, 0.15) is 4.88 Å². The molecule has 0 spiro atoms. The van der Waals surface area contributed by atoms with Gasteiger partial charge in [0.25, 0.3) is 0 Å². The Hall–Kier alpha value is -0.260. The number of nitrogens with two attached hydrogens (primary N) is 1. The van der Waals surface area contributed by atoms with Gasteiger partial charge in [-0.05, 0) is 52.9 Å². The molecule has 0 radical (unpaired) electrons. The zero-order valence-corrected chi connectivity index (χ0v) is 17.9. The summed E-state index contributed by atoms with van der Waals surface area (Å²) in [7, 11) is 1.58. The molecular weight excluding hydrogens is 548 g/mol. The van der Waals surface area contributed by atoms with E-state index in [1.165, 1.54) is 7.76 Å². The lowest BCUT2D eigenvalue weighted by Crippen LogP contribution is -2.23. The Labute approximate surface area is 169 Å². The van der Waals surface area contributed by atoms with Gasteiger partial charge in [0.15, 0.2) is 5.96 Å². The molecule has 0 atom stereocenters. The van der Waals surface area contributed by atoms with Crippen LogP contribution in [0.3, 0.4) is 0 Å². The van der Waals surface area contributed by atoms with Gasteiger partial charge in [0, 0.05) is 23.5 Å². The van der Waals surface area contributed by atoms with E-state index in [0.29, 0.717) is 23.3 Å². The Morgan fingerprint density at radius 1 is 1.41 bits per heavy atom. The van der Waals surface area contributed by atoms with Crippen molar-refractivity contribution in [3.63, 3.8) is 0 Å². The van der Waals surface area contributed by atoms with Crippen LogP contribution in [-0.4, -0.2) is 19.6 Å². The van der Waals surface area contributed by atoms with Gasteiger partial charge in [0.05, 0.1) is 15.0 Å². The number of ether oxygens (including phenoxy) is 1. The SMILES string of the molecule is COc1ccc(NC(N)=NCCc2ccc(I)s2)cc1Cl.I. The van der Waals surface area contributed by atoms with E-state index in [4.69, 9.17) is 22.1 Å². The molecule has 1 aromatic heterocycles. The van der Waals surface area contributed by atoms with E-state index in [-0.39, 0.29) is 24.0 Å². The number of thiophene rings is 1. The molecule has 4 nitrogen and oxygen atoms in total. The number of hydrogen-bond donors (Lipinski definition) is 2. The largest absolute Gasteiger partial charge is 0.495 e. The highest BCUT2D eigenvalue weighted by Crippen LogP contribution is 2.27. The van der Waals surface area contributed by atoms with Gasteiger partial charge in [0.2, 0.25) is 0 Å². The maximum absolute atomic E-state index is 6.05. The van der Waals surface area contributed by atoms with Crippen molar-refractivity contribution in [3.8, 4) is 5.75 Å². The summed E-state index contributed by atoms with van der Waals surface area (Å²) in [6.07, 6.45) is 0.888. The smallest absolute Gasteiger partial charge is 0.193 e. The Morgan fingerprint density at radius 3 is 2.77 bits per heavy atom. The minimum Gasteiger partial charge on any atom is -0.495 e. The highest BCUT2D eigenvalue weighted by Gasteiger charge is 2.02. The van der Waals surface area contributed by atoms with E-state index >= 15 is 0 Å². The van der Waals surface area contributed by atoms with Gasteiger partial charge in [-0.2, -0.15) is 0 Å². The highest BCUT2D eigenvalue weighted by atomic mass is 127. The fourth-order valence-electron chi connectivity index (χ4n) is 1.70. The minimum atomic E-state index is 0. The van der Waals surface area contributed by atoms with Crippen LogP contribution in [0.5, 0.6) is 5.75 Å². The third kappa shape index (κ3) is 6.09. The van der Waals surface area contributed by atoms with Gasteiger partial charge in [-0.15, -0.1) is 35.3 Å². The summed E-state index contributed by atoms with van der Waals surface area (Å²) in [4.78, 5) is 5.62. The Morgan fingerprint density at radius 2 is 2.18 bits per heavy atom. The first-order chi connectivity index (χ1) is 10.1. The molecule has 1 aromatic carbocycles. The molecule has 0 aliphatic rings. The van der Waals surface area contributed by atoms with Crippen LogP contribution in [0.2, 0.25) is 5.02 Å². The fraction of sp³-hybridized carbons (Fsp3) is 0.214. The summed E-state index contributed by atoms with van der Waals surface area (Å²) in [6.45, 7) is 0.652. The highest BCUT2D eigenvalue weighted by molar-refractivity contribution is 14.1. The number of rotatable bonds is 5. The summed E-state index contributed by atoms with van der Waals surface area (Å²) in [5.41, 5.74) is 6.65. The molecule has 3 N–H and O–H groups in total. The number of guanidine groups is 1. The normalized spacial score (nSPS) is 11.0. The summed E-state index contributed by atoms with van der Waals surface area (Å²) in [6, 6.07) is 9.60.